The Balaban J connectivity index is 2.25. The smallest absolute Gasteiger partial charge is 0.243 e. The van der Waals surface area contributed by atoms with Gasteiger partial charge in [-0.25, -0.2) is 8.42 Å². The Morgan fingerprint density at radius 1 is 1.03 bits per heavy atom. The van der Waals surface area contributed by atoms with Crippen molar-refractivity contribution in [1.82, 2.24) is 20.7 Å². The summed E-state index contributed by atoms with van der Waals surface area (Å²) >= 11 is 6.01. The largest absolute Gasteiger partial charge is 0.350 e. The lowest BCUT2D eigenvalue weighted by Gasteiger charge is -2.23. The topological polar surface area (TPSA) is 157 Å². The van der Waals surface area contributed by atoms with Gasteiger partial charge in [-0.3, -0.25) is 14.4 Å². The molecule has 34 heavy (non-hydrogen) atoms. The minimum atomic E-state index is -3.80. The molecule has 0 saturated heterocycles. The highest BCUT2D eigenvalue weighted by molar-refractivity contribution is 7.88. The minimum absolute atomic E-state index is 0.0252. The van der Waals surface area contributed by atoms with E-state index in [0.717, 1.165) is 18.0 Å². The Morgan fingerprint density at radius 2 is 1.74 bits per heavy atom. The number of hydrogen-bond acceptors (Lipinski definition) is 6. The van der Waals surface area contributed by atoms with Gasteiger partial charge in [0.1, 0.15) is 12.1 Å². The van der Waals surface area contributed by atoms with E-state index in [0.29, 0.717) is 10.6 Å². The van der Waals surface area contributed by atoms with Crippen molar-refractivity contribution >= 4 is 45.6 Å². The summed E-state index contributed by atoms with van der Waals surface area (Å²) in [5.74, 6) is -1.90. The van der Waals surface area contributed by atoms with E-state index in [1.165, 1.54) is 12.1 Å². The molecule has 182 valence electrons. The van der Waals surface area contributed by atoms with E-state index in [9.17, 15) is 22.8 Å². The number of carbonyl (C=O) groups excluding carboxylic acids is 3. The third-order valence-corrected chi connectivity index (χ3v) is 5.42. The third-order valence-electron chi connectivity index (χ3n) is 4.52. The maximum atomic E-state index is 13.2. The molecular weight excluding hydrogens is 482 g/mol. The molecule has 0 aliphatic rings. The zero-order chi connectivity index (χ0) is 25.1. The predicted molar refractivity (Wildman–Crippen MR) is 129 cm³/mol. The monoisotopic (exact) mass is 507 g/mol. The van der Waals surface area contributed by atoms with Crippen LogP contribution >= 0.6 is 11.6 Å². The molecule has 2 aromatic carbocycles. The van der Waals surface area contributed by atoms with Crippen molar-refractivity contribution in [3.05, 3.63) is 70.7 Å². The van der Waals surface area contributed by atoms with Gasteiger partial charge in [-0.2, -0.15) is 4.72 Å². The van der Waals surface area contributed by atoms with E-state index in [-0.39, 0.29) is 19.5 Å². The van der Waals surface area contributed by atoms with Crippen LogP contribution < -0.4 is 20.7 Å². The van der Waals surface area contributed by atoms with Crippen LogP contribution in [-0.4, -0.2) is 57.7 Å². The first-order chi connectivity index (χ1) is 16.1. The van der Waals surface area contributed by atoms with Gasteiger partial charge in [-0.15, -0.1) is 0 Å². The van der Waals surface area contributed by atoms with E-state index in [1.54, 1.807) is 42.5 Å². The molecule has 5 N–H and O–H groups in total. The van der Waals surface area contributed by atoms with Crippen LogP contribution in [0.15, 0.2) is 54.6 Å². The number of hydrogen-bond donors (Lipinski definition) is 5. The second-order valence-electron chi connectivity index (χ2n) is 7.35. The van der Waals surface area contributed by atoms with Crippen LogP contribution in [0, 0.1) is 5.41 Å². The fourth-order valence-corrected chi connectivity index (χ4v) is 3.88. The fourth-order valence-electron chi connectivity index (χ4n) is 3.01. The molecule has 0 aromatic heterocycles. The number of sulfonamides is 1. The van der Waals surface area contributed by atoms with Gasteiger partial charge in [0.25, 0.3) is 0 Å². The first-order valence-electron chi connectivity index (χ1n) is 10.2. The maximum Gasteiger partial charge on any atom is 0.243 e. The molecule has 0 aliphatic carbocycles. The van der Waals surface area contributed by atoms with Gasteiger partial charge in [-0.1, -0.05) is 54.1 Å². The van der Waals surface area contributed by atoms with Crippen LogP contribution in [-0.2, 0) is 30.8 Å². The van der Waals surface area contributed by atoms with Gasteiger partial charge in [0, 0.05) is 17.7 Å². The molecule has 0 heterocycles. The molecule has 0 spiro atoms. The first kappa shape index (κ1) is 27.0. The average molecular weight is 508 g/mol. The lowest BCUT2D eigenvalue weighted by molar-refractivity contribution is -0.131. The number of benzene rings is 2. The zero-order valence-electron chi connectivity index (χ0n) is 18.4. The Morgan fingerprint density at radius 3 is 2.35 bits per heavy atom. The Bertz CT molecular complexity index is 1130. The summed E-state index contributed by atoms with van der Waals surface area (Å²) in [4.78, 5) is 37.8. The maximum absolute atomic E-state index is 13.2. The minimum Gasteiger partial charge on any atom is -0.350 e. The standard InChI is InChI=1S/C22H26ClN5O5S/c1-34(32,33)28-20(16-8-5-9-17(23)13-16)22(31)27-18(12-15-6-3-2-4-7-15)21(30)26-14-19(29)25-11-10-24/h2-10,13,18,20,24,28H,11-12,14H2,1H3,(H,25,29)(H,26,30)(H,27,31)/t18-,20-/m0/s1. The van der Waals surface area contributed by atoms with Crippen molar-refractivity contribution in [2.24, 2.45) is 0 Å². The SMILES string of the molecule is CS(=O)(=O)N[C@H](C(=O)N[C@@H](Cc1ccccc1)C(=O)NCC(=O)NCC=N)c1cccc(Cl)c1. The lowest BCUT2D eigenvalue weighted by atomic mass is 10.0. The second-order valence-corrected chi connectivity index (χ2v) is 9.57. The van der Waals surface area contributed by atoms with Crippen molar-refractivity contribution in [1.29, 1.82) is 5.41 Å². The molecule has 0 unspecified atom stereocenters. The molecule has 2 rings (SSSR count). The summed E-state index contributed by atoms with van der Waals surface area (Å²) < 4.78 is 26.1. The summed E-state index contributed by atoms with van der Waals surface area (Å²) in [7, 11) is -3.80. The molecule has 3 amide bonds. The fraction of sp³-hybridized carbons (Fsp3) is 0.273. The summed E-state index contributed by atoms with van der Waals surface area (Å²) in [6, 6.07) is 12.6. The number of amides is 3. The number of nitrogens with one attached hydrogen (secondary N) is 5. The van der Waals surface area contributed by atoms with Crippen LogP contribution in [0.3, 0.4) is 0 Å². The highest BCUT2D eigenvalue weighted by Crippen LogP contribution is 2.19. The van der Waals surface area contributed by atoms with E-state index in [2.05, 4.69) is 20.7 Å². The molecule has 2 aromatic rings. The van der Waals surface area contributed by atoms with Gasteiger partial charge in [0.2, 0.25) is 27.7 Å². The summed E-state index contributed by atoms with van der Waals surface area (Å²) in [6.45, 7) is -0.329. The molecule has 0 fully saturated rings. The molecular formula is C22H26ClN5O5S. The predicted octanol–water partition coefficient (Wildman–Crippen LogP) is 0.540. The zero-order valence-corrected chi connectivity index (χ0v) is 19.9. The van der Waals surface area contributed by atoms with Crippen molar-refractivity contribution in [3.63, 3.8) is 0 Å². The van der Waals surface area contributed by atoms with E-state index >= 15 is 0 Å². The summed E-state index contributed by atoms with van der Waals surface area (Å²) in [6.07, 6.45) is 2.02. The molecule has 0 aliphatic heterocycles. The van der Waals surface area contributed by atoms with Gasteiger partial charge >= 0.3 is 0 Å². The van der Waals surface area contributed by atoms with Crippen LogP contribution in [0.4, 0.5) is 0 Å². The van der Waals surface area contributed by atoms with E-state index in [1.807, 2.05) is 0 Å². The molecule has 0 radical (unpaired) electrons. The molecule has 12 heteroatoms. The van der Waals surface area contributed by atoms with Crippen molar-refractivity contribution in [2.45, 2.75) is 18.5 Å². The highest BCUT2D eigenvalue weighted by Gasteiger charge is 2.29. The molecule has 2 atom stereocenters. The van der Waals surface area contributed by atoms with Crippen LogP contribution in [0.5, 0.6) is 0 Å². The van der Waals surface area contributed by atoms with Crippen LogP contribution in [0.2, 0.25) is 5.02 Å². The lowest BCUT2D eigenvalue weighted by Crippen LogP contribution is -2.52. The van der Waals surface area contributed by atoms with Gasteiger partial charge in [0.05, 0.1) is 19.3 Å². The number of halogens is 1. The van der Waals surface area contributed by atoms with Gasteiger partial charge < -0.3 is 21.4 Å². The Labute approximate surface area is 203 Å². The van der Waals surface area contributed by atoms with E-state index < -0.39 is 39.8 Å². The van der Waals surface area contributed by atoms with Gasteiger partial charge in [0.15, 0.2) is 0 Å². The Kier molecular flexibility index (Phi) is 10.2. The summed E-state index contributed by atoms with van der Waals surface area (Å²) in [5.41, 5.74) is 1.03. The number of rotatable bonds is 12. The summed E-state index contributed by atoms with van der Waals surface area (Å²) in [5, 5.41) is 14.7. The van der Waals surface area contributed by atoms with Crippen molar-refractivity contribution in [2.75, 3.05) is 19.3 Å². The van der Waals surface area contributed by atoms with Crippen LogP contribution in [0.1, 0.15) is 17.2 Å². The second kappa shape index (κ2) is 12.8. The quantitative estimate of drug-likeness (QED) is 0.265. The molecule has 0 bridgehead atoms. The van der Waals surface area contributed by atoms with Crippen molar-refractivity contribution in [3.8, 4) is 0 Å². The van der Waals surface area contributed by atoms with Gasteiger partial charge in [-0.05, 0) is 23.3 Å². The third kappa shape index (κ3) is 9.30. The Hall–Kier alpha value is -3.28. The molecule has 10 nitrogen and oxygen atoms in total. The highest BCUT2D eigenvalue weighted by atomic mass is 35.5. The van der Waals surface area contributed by atoms with Crippen LogP contribution in [0.25, 0.3) is 0 Å². The average Bonchev–Trinajstić information content (AvgIpc) is 2.79. The first-order valence-corrected chi connectivity index (χ1v) is 12.5. The normalized spacial score (nSPS) is 12.8. The van der Waals surface area contributed by atoms with Crippen molar-refractivity contribution < 1.29 is 22.8 Å². The van der Waals surface area contributed by atoms with E-state index in [4.69, 9.17) is 17.0 Å². The number of carbonyl (C=O) groups is 3. The molecule has 0 saturated carbocycles.